The Hall–Kier alpha value is -3.51. The largest absolute Gasteiger partial charge is 0.325 e. The van der Waals surface area contributed by atoms with Crippen molar-refractivity contribution in [2.75, 3.05) is 10.2 Å². The number of hydrogen-bond acceptors (Lipinski definition) is 7. The standard InChI is InChI=1S/C30H20BrN3O4S3/c31-18-8-11-20(12-9-18)34-27(36)24-23(21-6-3-13-39-21)26-29(40-25(24)28(34)37)33(30(38)41-26)15-22(35)32-19-10-7-16-4-1-2-5-17(16)14-19/h1-14,23-25H,15H2,(H,32,35)/t23-,24-,25+/m0/s1. The highest BCUT2D eigenvalue weighted by Gasteiger charge is 2.57. The third-order valence-electron chi connectivity index (χ3n) is 7.32. The van der Waals surface area contributed by atoms with Crippen LogP contribution in [0.1, 0.15) is 15.7 Å². The van der Waals surface area contributed by atoms with E-state index in [1.165, 1.54) is 32.6 Å². The second kappa shape index (κ2) is 10.4. The second-order valence-corrected chi connectivity index (χ2v) is 13.8. The molecule has 2 aliphatic heterocycles. The average molecular weight is 663 g/mol. The highest BCUT2D eigenvalue weighted by atomic mass is 79.9. The molecule has 204 valence electrons. The van der Waals surface area contributed by atoms with Gasteiger partial charge in [0.25, 0.3) is 0 Å². The molecule has 3 amide bonds. The van der Waals surface area contributed by atoms with Gasteiger partial charge in [0.1, 0.15) is 11.8 Å². The van der Waals surface area contributed by atoms with Crippen LogP contribution >= 0.6 is 50.4 Å². The van der Waals surface area contributed by atoms with Gasteiger partial charge in [-0.25, -0.2) is 4.90 Å². The fraction of sp³-hybridized carbons (Fsp3) is 0.133. The number of thiophene rings is 1. The minimum Gasteiger partial charge on any atom is -0.325 e. The van der Waals surface area contributed by atoms with E-state index in [4.69, 9.17) is 0 Å². The van der Waals surface area contributed by atoms with E-state index in [9.17, 15) is 19.2 Å². The number of nitrogens with one attached hydrogen (secondary N) is 1. The molecule has 3 atom stereocenters. The maximum absolute atomic E-state index is 13.9. The molecule has 7 rings (SSSR count). The maximum atomic E-state index is 13.9. The predicted octanol–water partition coefficient (Wildman–Crippen LogP) is 6.32. The first-order valence-electron chi connectivity index (χ1n) is 12.7. The lowest BCUT2D eigenvalue weighted by Gasteiger charge is -2.29. The number of carbonyl (C=O) groups is 3. The van der Waals surface area contributed by atoms with Gasteiger partial charge in [0, 0.05) is 25.8 Å². The zero-order chi connectivity index (χ0) is 28.2. The lowest BCUT2D eigenvalue weighted by molar-refractivity contribution is -0.122. The fourth-order valence-corrected chi connectivity index (χ4v) is 9.47. The highest BCUT2D eigenvalue weighted by Crippen LogP contribution is 2.54. The van der Waals surface area contributed by atoms with Crippen LogP contribution in [0.25, 0.3) is 10.8 Å². The minimum atomic E-state index is -0.713. The lowest BCUT2D eigenvalue weighted by atomic mass is 9.87. The molecule has 5 aromatic rings. The summed E-state index contributed by atoms with van der Waals surface area (Å²) in [6, 6.07) is 24.4. The summed E-state index contributed by atoms with van der Waals surface area (Å²) in [6.45, 7) is -0.197. The van der Waals surface area contributed by atoms with Gasteiger partial charge in [-0.2, -0.15) is 0 Å². The maximum Gasteiger partial charge on any atom is 0.308 e. The van der Waals surface area contributed by atoms with Crippen molar-refractivity contribution >= 4 is 90.2 Å². The van der Waals surface area contributed by atoms with E-state index in [0.29, 0.717) is 16.4 Å². The molecular weight excluding hydrogens is 642 g/mol. The van der Waals surface area contributed by atoms with Crippen molar-refractivity contribution < 1.29 is 14.4 Å². The summed E-state index contributed by atoms with van der Waals surface area (Å²) in [5, 5.41) is 6.75. The van der Waals surface area contributed by atoms with Crippen molar-refractivity contribution in [3.63, 3.8) is 0 Å². The van der Waals surface area contributed by atoms with Crippen LogP contribution in [0.2, 0.25) is 0 Å². The molecule has 1 N–H and O–H groups in total. The van der Waals surface area contributed by atoms with E-state index < -0.39 is 17.1 Å². The van der Waals surface area contributed by atoms with Crippen LogP contribution in [0, 0.1) is 5.92 Å². The number of thiazole rings is 1. The Morgan fingerprint density at radius 1 is 0.902 bits per heavy atom. The number of imide groups is 1. The number of benzene rings is 3. The summed E-state index contributed by atoms with van der Waals surface area (Å²) in [5.41, 5.74) is 1.15. The number of halogens is 1. The van der Waals surface area contributed by atoms with E-state index in [2.05, 4.69) is 21.2 Å². The molecule has 3 aromatic carbocycles. The van der Waals surface area contributed by atoms with Crippen molar-refractivity contribution in [2.45, 2.75) is 22.7 Å². The molecule has 4 heterocycles. The molecule has 1 saturated heterocycles. The molecule has 0 bridgehead atoms. The van der Waals surface area contributed by atoms with Gasteiger partial charge in [-0.3, -0.25) is 23.7 Å². The number of rotatable bonds is 5. The summed E-state index contributed by atoms with van der Waals surface area (Å²) >= 11 is 7.17. The van der Waals surface area contributed by atoms with Gasteiger partial charge >= 0.3 is 4.87 Å². The minimum absolute atomic E-state index is 0.197. The molecule has 0 saturated carbocycles. The highest BCUT2D eigenvalue weighted by molar-refractivity contribution is 9.10. The Labute approximate surface area is 254 Å². The first-order valence-corrected chi connectivity index (χ1v) is 16.1. The molecule has 0 aliphatic carbocycles. The second-order valence-electron chi connectivity index (χ2n) is 9.78. The molecule has 0 radical (unpaired) electrons. The van der Waals surface area contributed by atoms with Crippen molar-refractivity contribution in [3.8, 4) is 0 Å². The van der Waals surface area contributed by atoms with Crippen LogP contribution in [0.4, 0.5) is 11.4 Å². The summed E-state index contributed by atoms with van der Waals surface area (Å²) in [5.74, 6) is -2.04. The molecule has 1 fully saturated rings. The van der Waals surface area contributed by atoms with Gasteiger partial charge in [-0.05, 0) is 58.6 Å². The molecule has 41 heavy (non-hydrogen) atoms. The number of nitrogens with zero attached hydrogens (tertiary/aromatic N) is 2. The van der Waals surface area contributed by atoms with E-state index in [0.717, 1.165) is 36.3 Å². The SMILES string of the molecule is O=C(Cn1c2c(sc1=O)[C@@H](c1cccs1)[C@@H]1C(=O)N(c3ccc(Br)cc3)C(=O)[C@@H]1S2)Nc1ccc2ccccc2c1. The van der Waals surface area contributed by atoms with Gasteiger partial charge in [0.05, 0.1) is 16.6 Å². The van der Waals surface area contributed by atoms with Gasteiger partial charge in [-0.1, -0.05) is 75.4 Å². The van der Waals surface area contributed by atoms with Crippen molar-refractivity contribution in [1.29, 1.82) is 0 Å². The van der Waals surface area contributed by atoms with Crippen LogP contribution in [-0.2, 0) is 20.9 Å². The van der Waals surface area contributed by atoms with E-state index in [1.54, 1.807) is 24.3 Å². The number of carbonyl (C=O) groups excluding carboxylic acids is 3. The van der Waals surface area contributed by atoms with Crippen molar-refractivity contribution in [2.24, 2.45) is 5.92 Å². The zero-order valence-electron chi connectivity index (χ0n) is 21.2. The summed E-state index contributed by atoms with van der Waals surface area (Å²) in [6.07, 6.45) is 0. The Kier molecular flexibility index (Phi) is 6.69. The first-order chi connectivity index (χ1) is 19.9. The third-order valence-corrected chi connectivity index (χ3v) is 11.4. The van der Waals surface area contributed by atoms with Crippen molar-refractivity contribution in [3.05, 3.63) is 108 Å². The smallest absolute Gasteiger partial charge is 0.308 e. The molecule has 2 aliphatic rings. The Bertz CT molecular complexity index is 1900. The molecule has 11 heteroatoms. The normalized spacial score (nSPS) is 19.8. The van der Waals surface area contributed by atoms with Crippen LogP contribution in [0.5, 0.6) is 0 Å². The number of anilines is 2. The summed E-state index contributed by atoms with van der Waals surface area (Å²) in [4.78, 5) is 56.7. The molecular formula is C30H20BrN3O4S3. The lowest BCUT2D eigenvalue weighted by Crippen LogP contribution is -2.32. The monoisotopic (exact) mass is 661 g/mol. The molecule has 7 nitrogen and oxygen atoms in total. The summed E-state index contributed by atoms with van der Waals surface area (Å²) < 4.78 is 2.29. The Morgan fingerprint density at radius 2 is 1.68 bits per heavy atom. The van der Waals surface area contributed by atoms with E-state index >= 15 is 0 Å². The van der Waals surface area contributed by atoms with E-state index in [-0.39, 0.29) is 29.1 Å². The predicted molar refractivity (Wildman–Crippen MR) is 167 cm³/mol. The zero-order valence-corrected chi connectivity index (χ0v) is 25.2. The summed E-state index contributed by atoms with van der Waals surface area (Å²) in [7, 11) is 0. The molecule has 2 aromatic heterocycles. The average Bonchev–Trinajstić information content (AvgIpc) is 3.66. The molecule has 0 unspecified atom stereocenters. The Balaban J connectivity index is 1.23. The first kappa shape index (κ1) is 26.4. The molecule has 0 spiro atoms. The van der Waals surface area contributed by atoms with Gasteiger partial charge < -0.3 is 5.32 Å². The van der Waals surface area contributed by atoms with Crippen LogP contribution in [-0.4, -0.2) is 27.5 Å². The van der Waals surface area contributed by atoms with E-state index in [1.807, 2.05) is 60.0 Å². The number of aromatic nitrogens is 1. The van der Waals surface area contributed by atoms with Crippen LogP contribution in [0.15, 0.2) is 98.5 Å². The van der Waals surface area contributed by atoms with Gasteiger partial charge in [0.2, 0.25) is 17.7 Å². The third kappa shape index (κ3) is 4.57. The van der Waals surface area contributed by atoms with Crippen molar-refractivity contribution in [1.82, 2.24) is 4.57 Å². The van der Waals surface area contributed by atoms with Gasteiger partial charge in [0.15, 0.2) is 0 Å². The topological polar surface area (TPSA) is 88.5 Å². The number of thioether (sulfide) groups is 1. The van der Waals surface area contributed by atoms with Crippen LogP contribution in [0.3, 0.4) is 0 Å². The van der Waals surface area contributed by atoms with Gasteiger partial charge in [-0.15, -0.1) is 11.3 Å². The number of fused-ring (bicyclic) bond motifs is 3. The van der Waals surface area contributed by atoms with Crippen LogP contribution < -0.4 is 15.1 Å². The fourth-order valence-electron chi connectivity index (χ4n) is 5.49. The number of hydrogen-bond donors (Lipinski definition) is 1. The number of amides is 3. The quantitative estimate of drug-likeness (QED) is 0.223. The Morgan fingerprint density at radius 3 is 2.44 bits per heavy atom.